The van der Waals surface area contributed by atoms with Gasteiger partial charge in [0.2, 0.25) is 0 Å². The van der Waals surface area contributed by atoms with Crippen LogP contribution in [0.3, 0.4) is 0 Å². The summed E-state index contributed by atoms with van der Waals surface area (Å²) in [6.07, 6.45) is 2.11. The van der Waals surface area contributed by atoms with Crippen LogP contribution in [-0.2, 0) is 0 Å². The van der Waals surface area contributed by atoms with Crippen LogP contribution in [0.15, 0.2) is 66.9 Å². The molecule has 0 N–H and O–H groups in total. The molecule has 0 fully saturated rings. The largest absolute Gasteiger partial charge is 0.304 e. The Morgan fingerprint density at radius 1 is 0.850 bits per heavy atom. The highest BCUT2D eigenvalue weighted by molar-refractivity contribution is 5.86. The molecule has 0 aliphatic rings. The van der Waals surface area contributed by atoms with Crippen LogP contribution in [0.1, 0.15) is 5.69 Å². The van der Waals surface area contributed by atoms with Crippen molar-refractivity contribution >= 4 is 16.4 Å². The number of nitrogens with zero attached hydrogens (tertiary/aromatic N) is 2. The van der Waals surface area contributed by atoms with Crippen LogP contribution in [0.5, 0.6) is 0 Å². The lowest BCUT2D eigenvalue weighted by molar-refractivity contribution is 1.09. The van der Waals surface area contributed by atoms with E-state index in [0.717, 1.165) is 16.9 Å². The van der Waals surface area contributed by atoms with Gasteiger partial charge in [-0.15, -0.1) is 0 Å². The van der Waals surface area contributed by atoms with Gasteiger partial charge in [0, 0.05) is 17.5 Å². The number of aryl methyl sites for hydroxylation is 1. The Bertz CT molecular complexity index is 919. The molecule has 0 radical (unpaired) electrons. The SMILES string of the molecule is Cc1cccc2nc(-c3ccc4ccccc4c3)cn12. The molecule has 0 aliphatic carbocycles. The zero-order chi connectivity index (χ0) is 13.5. The third-order valence-corrected chi connectivity index (χ3v) is 3.74. The number of rotatable bonds is 1. The lowest BCUT2D eigenvalue weighted by atomic mass is 10.1. The molecule has 0 aliphatic heterocycles. The molecule has 2 nitrogen and oxygen atoms in total. The summed E-state index contributed by atoms with van der Waals surface area (Å²) in [4.78, 5) is 4.71. The smallest absolute Gasteiger partial charge is 0.137 e. The molecular weight excluding hydrogens is 244 g/mol. The van der Waals surface area contributed by atoms with E-state index in [1.807, 2.05) is 12.1 Å². The Labute approximate surface area is 117 Å². The van der Waals surface area contributed by atoms with Gasteiger partial charge in [0.15, 0.2) is 0 Å². The van der Waals surface area contributed by atoms with Crippen molar-refractivity contribution < 1.29 is 0 Å². The Balaban J connectivity index is 1.94. The van der Waals surface area contributed by atoms with Gasteiger partial charge in [-0.2, -0.15) is 0 Å². The first-order chi connectivity index (χ1) is 9.81. The lowest BCUT2D eigenvalue weighted by Gasteiger charge is -2.00. The monoisotopic (exact) mass is 258 g/mol. The van der Waals surface area contributed by atoms with Crippen LogP contribution < -0.4 is 0 Å². The molecule has 0 amide bonds. The Morgan fingerprint density at radius 3 is 2.55 bits per heavy atom. The van der Waals surface area contributed by atoms with E-state index in [1.165, 1.54) is 16.5 Å². The van der Waals surface area contributed by atoms with Gasteiger partial charge >= 0.3 is 0 Å². The molecule has 20 heavy (non-hydrogen) atoms. The van der Waals surface area contributed by atoms with Crippen LogP contribution in [-0.4, -0.2) is 9.38 Å². The van der Waals surface area contributed by atoms with E-state index >= 15 is 0 Å². The topological polar surface area (TPSA) is 17.3 Å². The second-order valence-corrected chi connectivity index (χ2v) is 5.08. The molecule has 96 valence electrons. The molecule has 2 heterocycles. The zero-order valence-corrected chi connectivity index (χ0v) is 11.2. The van der Waals surface area contributed by atoms with E-state index < -0.39 is 0 Å². The number of hydrogen-bond donors (Lipinski definition) is 0. The fourth-order valence-electron chi connectivity index (χ4n) is 2.64. The van der Waals surface area contributed by atoms with Crippen LogP contribution in [0, 0.1) is 6.92 Å². The number of benzene rings is 2. The first kappa shape index (κ1) is 11.2. The first-order valence-corrected chi connectivity index (χ1v) is 6.75. The number of imidazole rings is 1. The summed E-state index contributed by atoms with van der Waals surface area (Å²) in [7, 11) is 0. The molecule has 0 saturated carbocycles. The van der Waals surface area contributed by atoms with Gasteiger partial charge in [-0.1, -0.05) is 42.5 Å². The quantitative estimate of drug-likeness (QED) is 0.492. The third-order valence-electron chi connectivity index (χ3n) is 3.74. The van der Waals surface area contributed by atoms with Gasteiger partial charge < -0.3 is 4.40 Å². The first-order valence-electron chi connectivity index (χ1n) is 6.75. The van der Waals surface area contributed by atoms with Crippen molar-refractivity contribution in [1.82, 2.24) is 9.38 Å². The van der Waals surface area contributed by atoms with Crippen molar-refractivity contribution in [2.45, 2.75) is 6.92 Å². The van der Waals surface area contributed by atoms with E-state index in [2.05, 4.69) is 66.1 Å². The molecule has 4 rings (SSSR count). The summed E-state index contributed by atoms with van der Waals surface area (Å²) in [6, 6.07) is 21.1. The third kappa shape index (κ3) is 1.69. The number of fused-ring (bicyclic) bond motifs is 2. The average Bonchev–Trinajstić information content (AvgIpc) is 2.92. The van der Waals surface area contributed by atoms with E-state index in [4.69, 9.17) is 4.98 Å². The number of hydrogen-bond acceptors (Lipinski definition) is 1. The average molecular weight is 258 g/mol. The standard InChI is InChI=1S/C18H14N2/c1-13-5-4-8-18-19-17(12-20(13)18)16-10-9-14-6-2-3-7-15(14)11-16/h2-12H,1H3. The summed E-state index contributed by atoms with van der Waals surface area (Å²) >= 11 is 0. The molecule has 2 aromatic carbocycles. The predicted octanol–water partition coefficient (Wildman–Crippen LogP) is 4.46. The highest BCUT2D eigenvalue weighted by Gasteiger charge is 2.06. The highest BCUT2D eigenvalue weighted by Crippen LogP contribution is 2.24. The van der Waals surface area contributed by atoms with Gasteiger partial charge in [0.25, 0.3) is 0 Å². The fraction of sp³-hybridized carbons (Fsp3) is 0.0556. The van der Waals surface area contributed by atoms with Crippen LogP contribution in [0.25, 0.3) is 27.7 Å². The van der Waals surface area contributed by atoms with Gasteiger partial charge in [0.1, 0.15) is 5.65 Å². The van der Waals surface area contributed by atoms with E-state index in [1.54, 1.807) is 0 Å². The van der Waals surface area contributed by atoms with Crippen molar-refractivity contribution in [3.05, 3.63) is 72.6 Å². The van der Waals surface area contributed by atoms with Crippen LogP contribution in [0.2, 0.25) is 0 Å². The maximum Gasteiger partial charge on any atom is 0.137 e. The van der Waals surface area contributed by atoms with Crippen molar-refractivity contribution in [2.24, 2.45) is 0 Å². The van der Waals surface area contributed by atoms with Crippen molar-refractivity contribution in [2.75, 3.05) is 0 Å². The molecule has 2 aromatic heterocycles. The van der Waals surface area contributed by atoms with Crippen LogP contribution in [0.4, 0.5) is 0 Å². The van der Waals surface area contributed by atoms with Gasteiger partial charge in [-0.25, -0.2) is 4.98 Å². The number of aromatic nitrogens is 2. The Hall–Kier alpha value is -2.61. The minimum absolute atomic E-state index is 0.994. The van der Waals surface area contributed by atoms with Gasteiger partial charge in [0.05, 0.1) is 5.69 Å². The van der Waals surface area contributed by atoms with Gasteiger partial charge in [-0.3, -0.25) is 0 Å². The number of pyridine rings is 1. The lowest BCUT2D eigenvalue weighted by Crippen LogP contribution is -1.86. The normalized spacial score (nSPS) is 11.2. The molecule has 4 aromatic rings. The summed E-state index contributed by atoms with van der Waals surface area (Å²) in [5.41, 5.74) is 4.37. The summed E-state index contributed by atoms with van der Waals surface area (Å²) in [5, 5.41) is 2.51. The second-order valence-electron chi connectivity index (χ2n) is 5.08. The molecule has 0 unspecified atom stereocenters. The highest BCUT2D eigenvalue weighted by atomic mass is 15.0. The van der Waals surface area contributed by atoms with Crippen molar-refractivity contribution in [1.29, 1.82) is 0 Å². The van der Waals surface area contributed by atoms with E-state index in [0.29, 0.717) is 0 Å². The van der Waals surface area contributed by atoms with Crippen molar-refractivity contribution in [3.8, 4) is 11.3 Å². The molecule has 0 bridgehead atoms. The maximum absolute atomic E-state index is 4.71. The molecular formula is C18H14N2. The zero-order valence-electron chi connectivity index (χ0n) is 11.2. The Kier molecular flexibility index (Phi) is 2.36. The molecule has 0 atom stereocenters. The predicted molar refractivity (Wildman–Crippen MR) is 82.9 cm³/mol. The van der Waals surface area contributed by atoms with Crippen molar-refractivity contribution in [3.63, 3.8) is 0 Å². The maximum atomic E-state index is 4.71. The molecule has 2 heteroatoms. The minimum Gasteiger partial charge on any atom is -0.304 e. The fourth-order valence-corrected chi connectivity index (χ4v) is 2.64. The second kappa shape index (κ2) is 4.20. The summed E-state index contributed by atoms with van der Waals surface area (Å²) in [6.45, 7) is 2.10. The van der Waals surface area contributed by atoms with E-state index in [9.17, 15) is 0 Å². The Morgan fingerprint density at radius 2 is 1.70 bits per heavy atom. The molecule has 0 saturated heterocycles. The van der Waals surface area contributed by atoms with Gasteiger partial charge in [-0.05, 0) is 35.9 Å². The molecule has 0 spiro atoms. The summed E-state index contributed by atoms with van der Waals surface area (Å²) < 4.78 is 2.13. The summed E-state index contributed by atoms with van der Waals surface area (Å²) in [5.74, 6) is 0. The van der Waals surface area contributed by atoms with E-state index in [-0.39, 0.29) is 0 Å². The van der Waals surface area contributed by atoms with Crippen LogP contribution >= 0.6 is 0 Å². The minimum atomic E-state index is 0.994.